The van der Waals surface area contributed by atoms with Gasteiger partial charge >= 0.3 is 0 Å². The number of hydrazone groups is 1. The van der Waals surface area contributed by atoms with Crippen LogP contribution in [0.3, 0.4) is 0 Å². The lowest BCUT2D eigenvalue weighted by Gasteiger charge is -2.10. The standard InChI is InChI=1S/C26H27N5O2/c1-4-15-33-23-14-11-19(16-24(23)32-3)17-27-31-26(28-20-12-9-18(2)10-13-20)25-29-21-7-5-6-8-22(21)30-25/h5-14,16-17H,4,15H2,1-3H3,(H,28,31)(H,29,30)/b27-17+. The average Bonchev–Trinajstić information content (AvgIpc) is 3.28. The first kappa shape index (κ1) is 22.1. The number of aliphatic imine (C=N–C) groups is 1. The van der Waals surface area contributed by atoms with Crippen molar-refractivity contribution in [2.24, 2.45) is 10.1 Å². The van der Waals surface area contributed by atoms with E-state index in [0.29, 0.717) is 29.8 Å². The van der Waals surface area contributed by atoms with E-state index in [1.165, 1.54) is 5.56 Å². The van der Waals surface area contributed by atoms with Gasteiger partial charge in [0.2, 0.25) is 0 Å². The van der Waals surface area contributed by atoms with Crippen LogP contribution in [0.15, 0.2) is 76.8 Å². The number of benzene rings is 3. The molecule has 168 valence electrons. The lowest BCUT2D eigenvalue weighted by molar-refractivity contribution is 0.294. The van der Waals surface area contributed by atoms with Crippen LogP contribution >= 0.6 is 0 Å². The molecule has 0 aliphatic heterocycles. The molecule has 4 rings (SSSR count). The third-order valence-corrected chi connectivity index (χ3v) is 4.92. The van der Waals surface area contributed by atoms with Crippen molar-refractivity contribution >= 4 is 28.8 Å². The van der Waals surface area contributed by atoms with Crippen molar-refractivity contribution < 1.29 is 9.47 Å². The highest BCUT2D eigenvalue weighted by Gasteiger charge is 2.10. The maximum absolute atomic E-state index is 5.72. The summed E-state index contributed by atoms with van der Waals surface area (Å²) in [6.07, 6.45) is 2.64. The minimum absolute atomic E-state index is 0.515. The highest BCUT2D eigenvalue weighted by molar-refractivity contribution is 6.00. The molecule has 0 atom stereocenters. The highest BCUT2D eigenvalue weighted by Crippen LogP contribution is 2.27. The molecule has 0 unspecified atom stereocenters. The highest BCUT2D eigenvalue weighted by atomic mass is 16.5. The zero-order valence-corrected chi connectivity index (χ0v) is 19.0. The smallest absolute Gasteiger partial charge is 0.190 e. The number of aryl methyl sites for hydroxylation is 1. The predicted octanol–water partition coefficient (Wildman–Crippen LogP) is 5.37. The van der Waals surface area contributed by atoms with Crippen LogP contribution in [0.25, 0.3) is 11.0 Å². The van der Waals surface area contributed by atoms with Gasteiger partial charge in [-0.05, 0) is 61.4 Å². The van der Waals surface area contributed by atoms with Crippen molar-refractivity contribution in [3.05, 3.63) is 83.7 Å². The van der Waals surface area contributed by atoms with Gasteiger partial charge in [-0.15, -0.1) is 0 Å². The molecule has 1 heterocycles. The van der Waals surface area contributed by atoms with E-state index in [4.69, 9.17) is 14.5 Å². The van der Waals surface area contributed by atoms with E-state index < -0.39 is 0 Å². The third-order valence-electron chi connectivity index (χ3n) is 4.92. The summed E-state index contributed by atoms with van der Waals surface area (Å²) in [4.78, 5) is 12.7. The van der Waals surface area contributed by atoms with Crippen LogP contribution in [0.1, 0.15) is 30.3 Å². The number of para-hydroxylation sites is 2. The van der Waals surface area contributed by atoms with Crippen LogP contribution in [-0.4, -0.2) is 35.7 Å². The van der Waals surface area contributed by atoms with Gasteiger partial charge in [-0.1, -0.05) is 36.8 Å². The normalized spacial score (nSPS) is 11.8. The van der Waals surface area contributed by atoms with Gasteiger partial charge in [-0.2, -0.15) is 5.10 Å². The second-order valence-electron chi connectivity index (χ2n) is 7.53. The van der Waals surface area contributed by atoms with Crippen LogP contribution in [0.2, 0.25) is 0 Å². The molecule has 33 heavy (non-hydrogen) atoms. The molecule has 3 aromatic carbocycles. The predicted molar refractivity (Wildman–Crippen MR) is 133 cm³/mol. The molecular weight excluding hydrogens is 414 g/mol. The molecule has 7 heteroatoms. The first-order valence-electron chi connectivity index (χ1n) is 10.9. The average molecular weight is 442 g/mol. The maximum Gasteiger partial charge on any atom is 0.190 e. The van der Waals surface area contributed by atoms with Gasteiger partial charge in [0, 0.05) is 0 Å². The molecule has 0 amide bonds. The molecular formula is C26H27N5O2. The monoisotopic (exact) mass is 441 g/mol. The number of hydrogen-bond acceptors (Lipinski definition) is 5. The van der Waals surface area contributed by atoms with E-state index in [1.54, 1.807) is 13.3 Å². The van der Waals surface area contributed by atoms with Gasteiger partial charge in [0.05, 0.1) is 36.7 Å². The van der Waals surface area contributed by atoms with Crippen molar-refractivity contribution in [3.8, 4) is 11.5 Å². The van der Waals surface area contributed by atoms with Gasteiger partial charge in [-0.25, -0.2) is 9.98 Å². The van der Waals surface area contributed by atoms with E-state index in [0.717, 1.165) is 28.7 Å². The number of nitrogens with one attached hydrogen (secondary N) is 2. The Hall–Kier alpha value is -4.13. The molecule has 0 fully saturated rings. The molecule has 0 aliphatic rings. The van der Waals surface area contributed by atoms with E-state index >= 15 is 0 Å². The van der Waals surface area contributed by atoms with Gasteiger partial charge in [0.1, 0.15) is 0 Å². The Bertz CT molecular complexity index is 1240. The maximum atomic E-state index is 5.72. The minimum atomic E-state index is 0.515. The van der Waals surface area contributed by atoms with Crippen LogP contribution in [0, 0.1) is 6.92 Å². The second kappa shape index (κ2) is 10.5. The van der Waals surface area contributed by atoms with Crippen molar-refractivity contribution in [2.45, 2.75) is 20.3 Å². The topological polar surface area (TPSA) is 83.9 Å². The van der Waals surface area contributed by atoms with Gasteiger partial charge in [0.15, 0.2) is 23.2 Å². The number of hydrogen-bond donors (Lipinski definition) is 2. The first-order valence-corrected chi connectivity index (χ1v) is 10.9. The molecule has 0 spiro atoms. The SMILES string of the molecule is CCCOc1ccc(/C=N/NC(=Nc2ccc(C)cc2)c2nc3ccccc3[nH]2)cc1OC. The van der Waals surface area contributed by atoms with Crippen LogP contribution in [0.5, 0.6) is 11.5 Å². The molecule has 7 nitrogen and oxygen atoms in total. The molecule has 1 aromatic heterocycles. The summed E-state index contributed by atoms with van der Waals surface area (Å²) < 4.78 is 11.2. The Morgan fingerprint density at radius 2 is 1.88 bits per heavy atom. The Balaban J connectivity index is 1.60. The lowest BCUT2D eigenvalue weighted by Crippen LogP contribution is -2.20. The summed E-state index contributed by atoms with van der Waals surface area (Å²) >= 11 is 0. The summed E-state index contributed by atoms with van der Waals surface area (Å²) in [5, 5.41) is 4.41. The Kier molecular flexibility index (Phi) is 6.99. The minimum Gasteiger partial charge on any atom is -0.493 e. The summed E-state index contributed by atoms with van der Waals surface area (Å²) in [5.74, 6) is 2.50. The summed E-state index contributed by atoms with van der Waals surface area (Å²) in [5.41, 5.74) is 7.68. The first-order chi connectivity index (χ1) is 16.2. The number of aromatic nitrogens is 2. The van der Waals surface area contributed by atoms with Crippen LogP contribution in [0.4, 0.5) is 5.69 Å². The molecule has 0 aliphatic carbocycles. The number of H-pyrrole nitrogens is 1. The van der Waals surface area contributed by atoms with E-state index in [-0.39, 0.29) is 0 Å². The van der Waals surface area contributed by atoms with Gasteiger partial charge in [-0.3, -0.25) is 5.43 Å². The fraction of sp³-hybridized carbons (Fsp3) is 0.192. The fourth-order valence-electron chi connectivity index (χ4n) is 3.21. The number of methoxy groups -OCH3 is 1. The second-order valence-corrected chi connectivity index (χ2v) is 7.53. The van der Waals surface area contributed by atoms with Crippen LogP contribution < -0.4 is 14.9 Å². The summed E-state index contributed by atoms with van der Waals surface area (Å²) in [6, 6.07) is 21.5. The molecule has 0 bridgehead atoms. The summed E-state index contributed by atoms with van der Waals surface area (Å²) in [6.45, 7) is 4.75. The number of nitrogens with zero attached hydrogens (tertiary/aromatic N) is 3. The quantitative estimate of drug-likeness (QED) is 0.219. The zero-order chi connectivity index (χ0) is 23.0. The van der Waals surface area contributed by atoms with E-state index in [2.05, 4.69) is 27.4 Å². The van der Waals surface area contributed by atoms with Gasteiger partial charge < -0.3 is 14.5 Å². The van der Waals surface area contributed by atoms with Crippen molar-refractivity contribution in [1.29, 1.82) is 0 Å². The van der Waals surface area contributed by atoms with Gasteiger partial charge in [0.25, 0.3) is 0 Å². The molecule has 4 aromatic rings. The number of fused-ring (bicyclic) bond motifs is 1. The van der Waals surface area contributed by atoms with Crippen LogP contribution in [-0.2, 0) is 0 Å². The largest absolute Gasteiger partial charge is 0.493 e. The zero-order valence-electron chi connectivity index (χ0n) is 19.0. The van der Waals surface area contributed by atoms with E-state index in [1.807, 2.05) is 73.7 Å². The molecule has 2 N–H and O–H groups in total. The van der Waals surface area contributed by atoms with Crippen molar-refractivity contribution in [1.82, 2.24) is 15.4 Å². The number of ether oxygens (including phenoxy) is 2. The molecule has 0 saturated carbocycles. The molecule has 0 radical (unpaired) electrons. The van der Waals surface area contributed by atoms with E-state index in [9.17, 15) is 0 Å². The number of imidazole rings is 1. The number of rotatable bonds is 8. The summed E-state index contributed by atoms with van der Waals surface area (Å²) in [7, 11) is 1.63. The van der Waals surface area contributed by atoms with Crippen molar-refractivity contribution in [2.75, 3.05) is 13.7 Å². The third kappa shape index (κ3) is 5.57. The number of aromatic amines is 1. The Labute approximate surface area is 193 Å². The van der Waals surface area contributed by atoms with Crippen molar-refractivity contribution in [3.63, 3.8) is 0 Å². The Morgan fingerprint density at radius 3 is 2.64 bits per heavy atom. The fourth-order valence-corrected chi connectivity index (χ4v) is 3.21. The number of amidine groups is 1. The molecule has 0 saturated heterocycles. The Morgan fingerprint density at radius 1 is 1.06 bits per heavy atom. The lowest BCUT2D eigenvalue weighted by atomic mass is 10.2.